The van der Waals surface area contributed by atoms with Gasteiger partial charge in [0.25, 0.3) is 0 Å². The lowest BCUT2D eigenvalue weighted by Gasteiger charge is -2.33. The van der Waals surface area contributed by atoms with Gasteiger partial charge in [-0.2, -0.15) is 5.10 Å². The summed E-state index contributed by atoms with van der Waals surface area (Å²) in [5.41, 5.74) is 5.04. The number of para-hydroxylation sites is 1. The fourth-order valence-electron chi connectivity index (χ4n) is 4.75. The molecule has 1 aliphatic heterocycles. The molecule has 206 valence electrons. The third kappa shape index (κ3) is 6.54. The maximum absolute atomic E-state index is 12.5. The summed E-state index contributed by atoms with van der Waals surface area (Å²) in [6.45, 7) is 12.2. The third-order valence-electron chi connectivity index (χ3n) is 6.72. The predicted molar refractivity (Wildman–Crippen MR) is 157 cm³/mol. The van der Waals surface area contributed by atoms with Crippen molar-refractivity contribution in [2.24, 2.45) is 0 Å². The molecule has 0 atom stereocenters. The molecule has 3 heterocycles. The van der Waals surface area contributed by atoms with Crippen LogP contribution >= 0.6 is 11.8 Å². The zero-order valence-corrected chi connectivity index (χ0v) is 24.9. The van der Waals surface area contributed by atoms with Crippen molar-refractivity contribution < 1.29 is 9.53 Å². The van der Waals surface area contributed by atoms with E-state index in [2.05, 4.69) is 75.1 Å². The number of fused-ring (bicyclic) bond motifs is 1. The fourth-order valence-corrected chi connectivity index (χ4v) is 5.85. The smallest absolute Gasteiger partial charge is 0.410 e. The molecule has 1 aliphatic rings. The first-order valence-electron chi connectivity index (χ1n) is 13.4. The van der Waals surface area contributed by atoms with Crippen molar-refractivity contribution in [2.75, 3.05) is 44.0 Å². The summed E-state index contributed by atoms with van der Waals surface area (Å²) in [6, 6.07) is 10.7. The minimum Gasteiger partial charge on any atom is -0.444 e. The molecule has 0 spiro atoms. The van der Waals surface area contributed by atoms with Crippen LogP contribution in [0.1, 0.15) is 64.6 Å². The van der Waals surface area contributed by atoms with E-state index in [4.69, 9.17) is 14.8 Å². The van der Waals surface area contributed by atoms with Gasteiger partial charge in [0.1, 0.15) is 10.6 Å². The van der Waals surface area contributed by atoms with Gasteiger partial charge in [0, 0.05) is 51.7 Å². The molecule has 38 heavy (non-hydrogen) atoms. The summed E-state index contributed by atoms with van der Waals surface area (Å²) < 4.78 is 7.59. The van der Waals surface area contributed by atoms with E-state index >= 15 is 0 Å². The van der Waals surface area contributed by atoms with Crippen LogP contribution in [0.2, 0.25) is 0 Å². The van der Waals surface area contributed by atoms with Crippen LogP contribution in [0.25, 0.3) is 5.65 Å². The topological polar surface area (TPSA) is 66.2 Å². The van der Waals surface area contributed by atoms with Gasteiger partial charge in [-0.25, -0.2) is 14.3 Å². The lowest BCUT2D eigenvalue weighted by Crippen LogP contribution is -2.42. The van der Waals surface area contributed by atoms with Crippen LogP contribution in [0.3, 0.4) is 0 Å². The molecule has 0 N–H and O–H groups in total. The van der Waals surface area contributed by atoms with Crippen molar-refractivity contribution in [3.05, 3.63) is 47.8 Å². The van der Waals surface area contributed by atoms with Crippen molar-refractivity contribution in [3.8, 4) is 0 Å². The number of anilines is 2. The Kier molecular flexibility index (Phi) is 8.45. The number of likely N-dealkylation sites (tertiary alicyclic amines) is 1. The zero-order valence-electron chi connectivity index (χ0n) is 24.1. The van der Waals surface area contributed by atoms with Crippen LogP contribution in [0.4, 0.5) is 16.2 Å². The second-order valence-electron chi connectivity index (χ2n) is 11.6. The Morgan fingerprint density at radius 3 is 2.45 bits per heavy atom. The van der Waals surface area contributed by atoms with E-state index < -0.39 is 5.60 Å². The van der Waals surface area contributed by atoms with Crippen LogP contribution in [0.15, 0.2) is 41.6 Å². The molecule has 0 saturated carbocycles. The number of amides is 1. The Balaban J connectivity index is 1.56. The lowest BCUT2D eigenvalue weighted by atomic mass is 10.1. The van der Waals surface area contributed by atoms with Gasteiger partial charge in [0.2, 0.25) is 0 Å². The molecular formula is C29H42N6O2S. The number of benzene rings is 1. The summed E-state index contributed by atoms with van der Waals surface area (Å²) in [5, 5.41) is 6.39. The zero-order chi connectivity index (χ0) is 27.6. The van der Waals surface area contributed by atoms with Crippen LogP contribution in [0.5, 0.6) is 0 Å². The van der Waals surface area contributed by atoms with E-state index in [-0.39, 0.29) is 6.09 Å². The number of piperidine rings is 1. The van der Waals surface area contributed by atoms with E-state index in [9.17, 15) is 4.79 Å². The first-order valence-corrected chi connectivity index (χ1v) is 14.3. The van der Waals surface area contributed by atoms with E-state index in [1.807, 2.05) is 36.4 Å². The van der Waals surface area contributed by atoms with Gasteiger partial charge in [0.15, 0.2) is 5.65 Å². The van der Waals surface area contributed by atoms with Gasteiger partial charge >= 0.3 is 6.09 Å². The molecular weight excluding hydrogens is 496 g/mol. The molecule has 4 rings (SSSR count). The summed E-state index contributed by atoms with van der Waals surface area (Å²) in [7, 11) is 6.28. The van der Waals surface area contributed by atoms with E-state index in [1.165, 1.54) is 11.3 Å². The highest BCUT2D eigenvalue weighted by molar-refractivity contribution is 7.99. The van der Waals surface area contributed by atoms with Crippen molar-refractivity contribution in [3.63, 3.8) is 0 Å². The van der Waals surface area contributed by atoms with Crippen LogP contribution < -0.4 is 9.80 Å². The molecule has 1 saturated heterocycles. The summed E-state index contributed by atoms with van der Waals surface area (Å²) in [5.74, 6) is 0.308. The Morgan fingerprint density at radius 2 is 1.82 bits per heavy atom. The minimum atomic E-state index is -0.476. The van der Waals surface area contributed by atoms with Crippen LogP contribution in [-0.2, 0) is 11.3 Å². The summed E-state index contributed by atoms with van der Waals surface area (Å²) in [4.78, 5) is 23.5. The maximum atomic E-state index is 12.5. The van der Waals surface area contributed by atoms with Crippen LogP contribution in [-0.4, -0.2) is 70.7 Å². The SMILES string of the molecule is CC(C)c1cnc2c(N(C)Cc3ccccc3N(C)C)cc(SC3CCN(C(=O)OC(C)(C)C)CC3)nn12. The number of carbonyl (C=O) groups excluding carboxylic acids is 1. The van der Waals surface area contributed by atoms with Gasteiger partial charge in [0.05, 0.1) is 17.6 Å². The van der Waals surface area contributed by atoms with Gasteiger partial charge in [-0.1, -0.05) is 32.0 Å². The van der Waals surface area contributed by atoms with Crippen molar-refractivity contribution >= 4 is 34.9 Å². The highest BCUT2D eigenvalue weighted by Gasteiger charge is 2.28. The third-order valence-corrected chi connectivity index (χ3v) is 7.96. The molecule has 2 aromatic heterocycles. The number of nitrogens with zero attached hydrogens (tertiary/aromatic N) is 6. The summed E-state index contributed by atoms with van der Waals surface area (Å²) >= 11 is 1.80. The molecule has 1 amide bonds. The molecule has 3 aromatic rings. The maximum Gasteiger partial charge on any atom is 0.410 e. The second-order valence-corrected chi connectivity index (χ2v) is 12.9. The largest absolute Gasteiger partial charge is 0.444 e. The molecule has 1 aromatic carbocycles. The molecule has 0 aliphatic carbocycles. The van der Waals surface area contributed by atoms with Crippen LogP contribution in [0, 0.1) is 0 Å². The van der Waals surface area contributed by atoms with E-state index in [0.717, 1.165) is 41.4 Å². The predicted octanol–water partition coefficient (Wildman–Crippen LogP) is 6.05. The number of hydrogen-bond acceptors (Lipinski definition) is 7. The first kappa shape index (κ1) is 28.1. The number of rotatable bonds is 7. The van der Waals surface area contributed by atoms with E-state index in [1.54, 1.807) is 11.8 Å². The Hall–Kier alpha value is -2.94. The quantitative estimate of drug-likeness (QED) is 0.363. The van der Waals surface area contributed by atoms with Gasteiger partial charge in [-0.3, -0.25) is 0 Å². The molecule has 0 radical (unpaired) electrons. The number of hydrogen-bond donors (Lipinski definition) is 0. The standard InChI is InChI=1S/C29H42N6O2S/c1-20(2)25-18-30-27-24(33(8)19-21-11-9-10-12-23(21)32(6)7)17-26(31-35(25)27)38-22-13-15-34(16-14-22)28(36)37-29(3,4)5/h9-12,17-18,20,22H,13-16,19H2,1-8H3. The minimum absolute atomic E-state index is 0.220. The second kappa shape index (κ2) is 11.4. The normalized spacial score (nSPS) is 14.8. The molecule has 9 heteroatoms. The Morgan fingerprint density at radius 1 is 1.13 bits per heavy atom. The van der Waals surface area contributed by atoms with Gasteiger partial charge < -0.3 is 19.4 Å². The highest BCUT2D eigenvalue weighted by Crippen LogP contribution is 2.34. The Bertz CT molecular complexity index is 1260. The van der Waals surface area contributed by atoms with Gasteiger partial charge in [-0.05, 0) is 57.2 Å². The summed E-state index contributed by atoms with van der Waals surface area (Å²) in [6.07, 6.45) is 3.55. The van der Waals surface area contributed by atoms with Crippen molar-refractivity contribution in [1.29, 1.82) is 0 Å². The average Bonchev–Trinajstić information content (AvgIpc) is 3.27. The monoisotopic (exact) mass is 538 g/mol. The van der Waals surface area contributed by atoms with Crippen molar-refractivity contribution in [2.45, 2.75) is 75.8 Å². The number of thioether (sulfide) groups is 1. The average molecular weight is 539 g/mol. The Labute approximate surface area is 231 Å². The van der Waals surface area contributed by atoms with E-state index in [0.29, 0.717) is 24.3 Å². The molecule has 0 unspecified atom stereocenters. The molecule has 8 nitrogen and oxygen atoms in total. The van der Waals surface area contributed by atoms with Crippen molar-refractivity contribution in [1.82, 2.24) is 19.5 Å². The number of ether oxygens (including phenoxy) is 1. The number of imidazole rings is 1. The fraction of sp³-hybridized carbons (Fsp3) is 0.552. The molecule has 1 fully saturated rings. The molecule has 0 bridgehead atoms. The lowest BCUT2D eigenvalue weighted by molar-refractivity contribution is 0.0219. The number of carbonyl (C=O) groups is 1. The first-order chi connectivity index (χ1) is 17.9. The highest BCUT2D eigenvalue weighted by atomic mass is 32.2. The number of aromatic nitrogens is 3. The van der Waals surface area contributed by atoms with Gasteiger partial charge in [-0.15, -0.1) is 11.8 Å².